The van der Waals surface area contributed by atoms with Crippen molar-refractivity contribution in [1.82, 2.24) is 19.9 Å². The number of alkyl halides is 3. The fourth-order valence-corrected chi connectivity index (χ4v) is 6.01. The summed E-state index contributed by atoms with van der Waals surface area (Å²) < 4.78 is 39.3. The van der Waals surface area contributed by atoms with Gasteiger partial charge in [-0.1, -0.05) is 59.7 Å². The number of aliphatic imine (C=N–C) groups is 1. The summed E-state index contributed by atoms with van der Waals surface area (Å²) in [6, 6.07) is 13.3. The Kier molecular flexibility index (Phi) is 14.7. The number of aromatic nitrogens is 3. The minimum Gasteiger partial charge on any atom is -0.480 e. The SMILES string of the molecule is CC(C)(C)c1cc2cn(-c3ccc([C@@H](NCCCN=C(N)N)C(=O)O)cc3)c(=O)nc2[nH]1.C[C@H](N)CCCc1cc(SC(F)(F)F)cc(C(C)(C)C)c1. The number of aryl methyl sites for hydroxylation is 1. The minimum absolute atomic E-state index is 0.00700. The van der Waals surface area contributed by atoms with Gasteiger partial charge in [-0.25, -0.2) is 4.79 Å². The molecule has 11 nitrogen and oxygen atoms in total. The van der Waals surface area contributed by atoms with Gasteiger partial charge in [-0.15, -0.1) is 0 Å². The lowest BCUT2D eigenvalue weighted by Crippen LogP contribution is -2.30. The Labute approximate surface area is 313 Å². The largest absolute Gasteiger partial charge is 0.480 e. The molecular formula is C38H53F3N8O3S. The number of nitrogens with one attached hydrogen (secondary N) is 2. The number of fused-ring (bicyclic) bond motifs is 1. The Morgan fingerprint density at radius 2 is 1.68 bits per heavy atom. The van der Waals surface area contributed by atoms with Crippen molar-refractivity contribution in [1.29, 1.82) is 0 Å². The molecule has 2 aromatic heterocycles. The first-order chi connectivity index (χ1) is 24.5. The van der Waals surface area contributed by atoms with Crippen LogP contribution in [0.2, 0.25) is 0 Å². The van der Waals surface area contributed by atoms with Gasteiger partial charge in [-0.2, -0.15) is 18.2 Å². The summed E-state index contributed by atoms with van der Waals surface area (Å²) >= 11 is -0.0397. The molecule has 0 unspecified atom stereocenters. The van der Waals surface area contributed by atoms with Crippen LogP contribution in [0.15, 0.2) is 69.4 Å². The normalized spacial score (nSPS) is 13.3. The van der Waals surface area contributed by atoms with Crippen molar-refractivity contribution in [2.24, 2.45) is 22.2 Å². The zero-order chi connectivity index (χ0) is 39.7. The van der Waals surface area contributed by atoms with Crippen LogP contribution in [-0.2, 0) is 22.0 Å². The summed E-state index contributed by atoms with van der Waals surface area (Å²) in [7, 11) is 0. The number of hydrogen-bond donors (Lipinski definition) is 6. The number of H-pyrrole nitrogens is 1. The van der Waals surface area contributed by atoms with E-state index in [9.17, 15) is 27.9 Å². The van der Waals surface area contributed by atoms with E-state index in [0.717, 1.165) is 41.5 Å². The van der Waals surface area contributed by atoms with E-state index in [0.29, 0.717) is 36.4 Å². The summed E-state index contributed by atoms with van der Waals surface area (Å²) in [5.41, 5.74) is 15.9. The number of hydrogen-bond acceptors (Lipinski definition) is 7. The van der Waals surface area contributed by atoms with Gasteiger partial charge in [0, 0.05) is 40.2 Å². The Balaban J connectivity index is 0.000000313. The molecule has 0 spiro atoms. The fourth-order valence-electron chi connectivity index (χ4n) is 5.35. The number of benzene rings is 2. The molecule has 0 aliphatic heterocycles. The number of carbonyl (C=O) groups is 1. The number of carboxylic acids is 1. The predicted molar refractivity (Wildman–Crippen MR) is 208 cm³/mol. The van der Waals surface area contributed by atoms with Gasteiger partial charge in [0.2, 0.25) is 0 Å². The maximum absolute atomic E-state index is 12.6. The van der Waals surface area contributed by atoms with E-state index >= 15 is 0 Å². The van der Waals surface area contributed by atoms with Gasteiger partial charge in [0.15, 0.2) is 5.96 Å². The zero-order valence-electron chi connectivity index (χ0n) is 31.5. The molecule has 4 rings (SSSR count). The highest BCUT2D eigenvalue weighted by Crippen LogP contribution is 2.39. The van der Waals surface area contributed by atoms with Gasteiger partial charge >= 0.3 is 17.2 Å². The molecule has 0 radical (unpaired) electrons. The summed E-state index contributed by atoms with van der Waals surface area (Å²) in [6.45, 7) is 15.1. The van der Waals surface area contributed by atoms with E-state index in [1.54, 1.807) is 42.6 Å². The zero-order valence-corrected chi connectivity index (χ0v) is 32.3. The minimum atomic E-state index is -4.25. The number of guanidine groups is 1. The van der Waals surface area contributed by atoms with E-state index in [1.807, 2.05) is 39.8 Å². The highest BCUT2D eigenvalue weighted by molar-refractivity contribution is 8.00. The van der Waals surface area contributed by atoms with Crippen molar-refractivity contribution in [3.05, 3.63) is 87.6 Å². The second-order valence-electron chi connectivity index (χ2n) is 15.1. The van der Waals surface area contributed by atoms with Crippen molar-refractivity contribution in [2.75, 3.05) is 13.1 Å². The third kappa shape index (κ3) is 13.9. The molecule has 0 bridgehead atoms. The summed E-state index contributed by atoms with van der Waals surface area (Å²) in [5.74, 6) is -0.991. The maximum atomic E-state index is 12.6. The first-order valence-electron chi connectivity index (χ1n) is 17.4. The van der Waals surface area contributed by atoms with Crippen LogP contribution in [-0.4, -0.2) is 56.2 Å². The van der Waals surface area contributed by atoms with Crippen molar-refractivity contribution in [3.8, 4) is 5.69 Å². The van der Waals surface area contributed by atoms with Crippen molar-refractivity contribution in [2.45, 2.75) is 107 Å². The molecule has 53 heavy (non-hydrogen) atoms. The average Bonchev–Trinajstić information content (AvgIpc) is 3.45. The number of nitrogens with zero attached hydrogens (tertiary/aromatic N) is 3. The first-order valence-corrected chi connectivity index (χ1v) is 18.3. The molecule has 15 heteroatoms. The highest BCUT2D eigenvalue weighted by Gasteiger charge is 2.30. The number of aliphatic carboxylic acids is 1. The van der Waals surface area contributed by atoms with Crippen LogP contribution in [0.5, 0.6) is 0 Å². The molecular weight excluding hydrogens is 706 g/mol. The van der Waals surface area contributed by atoms with Gasteiger partial charge in [0.05, 0.1) is 5.69 Å². The van der Waals surface area contributed by atoms with Crippen LogP contribution in [0.1, 0.15) is 96.2 Å². The maximum Gasteiger partial charge on any atom is 0.446 e. The standard InChI is InChI=1S/C22H29N7O3.C16H24F3NS/c1-22(2,3)16-11-14-12-29(21(32)28-18(14)27-16)15-7-5-13(6-8-15)17(19(30)31)25-9-4-10-26-20(23)24;1-11(20)6-5-7-12-8-13(15(2,3)4)10-14(9-12)21-16(17,18)19/h5-8,11-12,17,25H,4,9-10H2,1-3H3,(H,30,31)(H4,23,24,26)(H,27,28,32);8-11H,5-7,20H2,1-4H3/t17-;11-/m10/s1. The molecule has 2 atom stereocenters. The predicted octanol–water partition coefficient (Wildman–Crippen LogP) is 6.66. The lowest BCUT2D eigenvalue weighted by Gasteiger charge is -2.21. The van der Waals surface area contributed by atoms with E-state index in [4.69, 9.17) is 17.2 Å². The van der Waals surface area contributed by atoms with Gasteiger partial charge in [-0.05, 0) is 103 Å². The lowest BCUT2D eigenvalue weighted by atomic mass is 9.85. The van der Waals surface area contributed by atoms with E-state index in [-0.39, 0.29) is 39.5 Å². The monoisotopic (exact) mass is 758 g/mol. The molecule has 0 aliphatic rings. The Morgan fingerprint density at radius 1 is 1.02 bits per heavy atom. The van der Waals surface area contributed by atoms with Gasteiger partial charge in [0.1, 0.15) is 11.7 Å². The third-order valence-electron chi connectivity index (χ3n) is 8.24. The average molecular weight is 759 g/mol. The van der Waals surface area contributed by atoms with E-state index < -0.39 is 23.2 Å². The van der Waals surface area contributed by atoms with Crippen molar-refractivity contribution >= 4 is 34.7 Å². The van der Waals surface area contributed by atoms with Crippen molar-refractivity contribution in [3.63, 3.8) is 0 Å². The second kappa shape index (κ2) is 18.1. The molecule has 4 aromatic rings. The fraction of sp³-hybridized carbons (Fsp3) is 0.474. The Morgan fingerprint density at radius 3 is 2.23 bits per heavy atom. The molecule has 0 saturated carbocycles. The number of nitrogens with two attached hydrogens (primary N) is 3. The molecule has 2 aromatic carbocycles. The number of carboxylic acid groups (broad SMARTS) is 1. The lowest BCUT2D eigenvalue weighted by molar-refractivity contribution is -0.139. The van der Waals surface area contributed by atoms with E-state index in [2.05, 4.69) is 41.0 Å². The molecule has 9 N–H and O–H groups in total. The van der Waals surface area contributed by atoms with Crippen LogP contribution in [0.3, 0.4) is 0 Å². The topological polar surface area (TPSA) is 190 Å². The molecule has 0 amide bonds. The van der Waals surface area contributed by atoms with Crippen molar-refractivity contribution < 1.29 is 23.1 Å². The highest BCUT2D eigenvalue weighted by atomic mass is 32.2. The first kappa shape index (κ1) is 43.1. The molecule has 2 heterocycles. The van der Waals surface area contributed by atoms with Gasteiger partial charge in [-0.3, -0.25) is 14.4 Å². The number of halogens is 3. The van der Waals surface area contributed by atoms with Gasteiger partial charge in [0.25, 0.3) is 0 Å². The molecule has 0 saturated heterocycles. The van der Waals surface area contributed by atoms with Crippen LogP contribution in [0.25, 0.3) is 16.7 Å². The van der Waals surface area contributed by atoms with Gasteiger partial charge < -0.3 is 32.6 Å². The number of rotatable bonds is 13. The third-order valence-corrected chi connectivity index (χ3v) is 8.94. The molecule has 290 valence electrons. The summed E-state index contributed by atoms with van der Waals surface area (Å²) in [6.07, 6.45) is 4.86. The summed E-state index contributed by atoms with van der Waals surface area (Å²) in [5, 5.41) is 13.4. The quantitative estimate of drug-likeness (QED) is 0.0375. The van der Waals surface area contributed by atoms with Crippen LogP contribution >= 0.6 is 11.8 Å². The van der Waals surface area contributed by atoms with Crippen LogP contribution in [0, 0.1) is 0 Å². The Bertz CT molecular complexity index is 1900. The Hall–Kier alpha value is -4.34. The number of aromatic amines is 1. The molecule has 0 fully saturated rings. The smallest absolute Gasteiger partial charge is 0.446 e. The van der Waals surface area contributed by atoms with Crippen LogP contribution < -0.4 is 28.2 Å². The summed E-state index contributed by atoms with van der Waals surface area (Å²) in [4.78, 5) is 35.8. The van der Waals surface area contributed by atoms with E-state index in [1.165, 1.54) is 4.57 Å². The molecule has 0 aliphatic carbocycles. The van der Waals surface area contributed by atoms with Crippen LogP contribution in [0.4, 0.5) is 13.2 Å². The number of thioether (sulfide) groups is 1. The second-order valence-corrected chi connectivity index (χ2v) is 16.3.